The van der Waals surface area contributed by atoms with Gasteiger partial charge in [-0.05, 0) is 18.5 Å². The maximum Gasteiger partial charge on any atom is 0.269 e. The van der Waals surface area contributed by atoms with E-state index in [9.17, 15) is 10.1 Å². The monoisotopic (exact) mass is 261 g/mol. The Morgan fingerprint density at radius 1 is 1.37 bits per heavy atom. The van der Waals surface area contributed by atoms with E-state index in [1.165, 1.54) is 18.5 Å². The van der Waals surface area contributed by atoms with Crippen molar-refractivity contribution in [3.8, 4) is 0 Å². The minimum Gasteiger partial charge on any atom is -0.310 e. The number of nitrogens with one attached hydrogen (secondary N) is 1. The van der Waals surface area contributed by atoms with Gasteiger partial charge in [0.1, 0.15) is 12.2 Å². The Kier molecular flexibility index (Phi) is 4.19. The van der Waals surface area contributed by atoms with Crippen LogP contribution < -0.4 is 5.32 Å². The van der Waals surface area contributed by atoms with E-state index in [1.54, 1.807) is 16.8 Å². The van der Waals surface area contributed by atoms with Crippen LogP contribution >= 0.6 is 0 Å². The van der Waals surface area contributed by atoms with Crippen molar-refractivity contribution in [3.05, 3.63) is 52.1 Å². The van der Waals surface area contributed by atoms with Gasteiger partial charge in [0.25, 0.3) is 5.69 Å². The van der Waals surface area contributed by atoms with Gasteiger partial charge in [0.2, 0.25) is 0 Å². The van der Waals surface area contributed by atoms with Gasteiger partial charge in [-0.2, -0.15) is 5.10 Å². The number of nitro groups is 1. The summed E-state index contributed by atoms with van der Waals surface area (Å²) in [7, 11) is 1.85. The van der Waals surface area contributed by atoms with Crippen LogP contribution in [0.5, 0.6) is 0 Å². The first-order valence-electron chi connectivity index (χ1n) is 5.94. The van der Waals surface area contributed by atoms with Gasteiger partial charge >= 0.3 is 0 Å². The maximum absolute atomic E-state index is 10.5. The Morgan fingerprint density at radius 2 is 2.11 bits per heavy atom. The first kappa shape index (κ1) is 13.2. The van der Waals surface area contributed by atoms with Crippen LogP contribution in [0.4, 0.5) is 5.69 Å². The molecule has 0 fully saturated rings. The Balaban J connectivity index is 1.76. The Labute approximate surface area is 110 Å². The second kappa shape index (κ2) is 6.05. The summed E-state index contributed by atoms with van der Waals surface area (Å²) in [5.41, 5.74) is 1.19. The van der Waals surface area contributed by atoms with Gasteiger partial charge in [-0.3, -0.25) is 14.8 Å². The second-order valence-corrected chi connectivity index (χ2v) is 4.15. The van der Waals surface area contributed by atoms with Gasteiger partial charge in [-0.15, -0.1) is 0 Å². The topological polar surface area (TPSA) is 85.9 Å². The van der Waals surface area contributed by atoms with Crippen molar-refractivity contribution in [2.24, 2.45) is 7.05 Å². The Bertz CT molecular complexity index is 550. The fourth-order valence-corrected chi connectivity index (χ4v) is 1.70. The lowest BCUT2D eigenvalue weighted by molar-refractivity contribution is -0.384. The third-order valence-corrected chi connectivity index (χ3v) is 2.83. The van der Waals surface area contributed by atoms with Crippen LogP contribution in [0.2, 0.25) is 0 Å². The summed E-state index contributed by atoms with van der Waals surface area (Å²) in [5.74, 6) is 0.878. The largest absolute Gasteiger partial charge is 0.310 e. The van der Waals surface area contributed by atoms with Crippen LogP contribution in [0, 0.1) is 10.1 Å². The summed E-state index contributed by atoms with van der Waals surface area (Å²) in [6, 6.07) is 6.61. The lowest BCUT2D eigenvalue weighted by atomic mass is 10.1. The molecule has 0 saturated heterocycles. The average molecular weight is 261 g/mol. The zero-order valence-corrected chi connectivity index (χ0v) is 10.6. The number of aryl methyl sites for hydroxylation is 1. The molecular weight excluding hydrogens is 246 g/mol. The molecule has 100 valence electrons. The molecule has 7 heteroatoms. The highest BCUT2D eigenvalue weighted by atomic mass is 16.6. The number of rotatable bonds is 6. The van der Waals surface area contributed by atoms with Gasteiger partial charge in [0.15, 0.2) is 0 Å². The molecule has 0 aliphatic heterocycles. The molecule has 0 bridgehead atoms. The third kappa shape index (κ3) is 3.59. The average Bonchev–Trinajstić information content (AvgIpc) is 2.81. The van der Waals surface area contributed by atoms with Crippen LogP contribution in [0.3, 0.4) is 0 Å². The fourth-order valence-electron chi connectivity index (χ4n) is 1.70. The first-order valence-corrected chi connectivity index (χ1v) is 5.94. The molecule has 0 unspecified atom stereocenters. The van der Waals surface area contributed by atoms with E-state index in [-0.39, 0.29) is 5.69 Å². The first-order chi connectivity index (χ1) is 9.16. The standard InChI is InChI=1S/C12H15N5O2/c1-16-12(14-9-15-16)8-13-7-6-10-2-4-11(5-3-10)17(18)19/h2-5,9,13H,6-8H2,1H3. The predicted octanol–water partition coefficient (Wildman–Crippen LogP) is 1.06. The van der Waals surface area contributed by atoms with E-state index in [1.807, 2.05) is 7.05 Å². The van der Waals surface area contributed by atoms with Crippen LogP contribution in [0.1, 0.15) is 11.4 Å². The van der Waals surface area contributed by atoms with Gasteiger partial charge in [-0.1, -0.05) is 12.1 Å². The van der Waals surface area contributed by atoms with Crippen molar-refractivity contribution in [2.45, 2.75) is 13.0 Å². The van der Waals surface area contributed by atoms with Crippen molar-refractivity contribution < 1.29 is 4.92 Å². The van der Waals surface area contributed by atoms with E-state index in [4.69, 9.17) is 0 Å². The van der Waals surface area contributed by atoms with E-state index < -0.39 is 4.92 Å². The molecule has 0 atom stereocenters. The van der Waals surface area contributed by atoms with Crippen molar-refractivity contribution in [2.75, 3.05) is 6.54 Å². The lowest BCUT2D eigenvalue weighted by Gasteiger charge is -2.04. The number of hydrogen-bond donors (Lipinski definition) is 1. The molecule has 0 aliphatic carbocycles. The van der Waals surface area contributed by atoms with Gasteiger partial charge in [0.05, 0.1) is 11.5 Å². The van der Waals surface area contributed by atoms with Gasteiger partial charge in [-0.25, -0.2) is 4.98 Å². The molecule has 1 aromatic heterocycles. The Morgan fingerprint density at radius 3 is 2.68 bits per heavy atom. The molecule has 1 aromatic carbocycles. The molecule has 19 heavy (non-hydrogen) atoms. The minimum absolute atomic E-state index is 0.121. The highest BCUT2D eigenvalue weighted by molar-refractivity contribution is 5.32. The van der Waals surface area contributed by atoms with E-state index >= 15 is 0 Å². The summed E-state index contributed by atoms with van der Waals surface area (Å²) < 4.78 is 1.72. The van der Waals surface area contributed by atoms with Crippen molar-refractivity contribution in [3.63, 3.8) is 0 Å². The van der Waals surface area contributed by atoms with Gasteiger partial charge < -0.3 is 5.32 Å². The van der Waals surface area contributed by atoms with Crippen LogP contribution in [0.25, 0.3) is 0 Å². The van der Waals surface area contributed by atoms with Crippen LogP contribution in [-0.2, 0) is 20.0 Å². The molecule has 0 amide bonds. The molecule has 1 N–H and O–H groups in total. The van der Waals surface area contributed by atoms with Crippen LogP contribution in [-0.4, -0.2) is 26.2 Å². The number of benzene rings is 1. The molecule has 0 spiro atoms. The molecular formula is C12H15N5O2. The zero-order valence-electron chi connectivity index (χ0n) is 10.6. The highest BCUT2D eigenvalue weighted by Crippen LogP contribution is 2.11. The van der Waals surface area contributed by atoms with Crippen LogP contribution in [0.15, 0.2) is 30.6 Å². The zero-order chi connectivity index (χ0) is 13.7. The summed E-state index contributed by atoms with van der Waals surface area (Å²) in [5, 5.41) is 17.8. The highest BCUT2D eigenvalue weighted by Gasteiger charge is 2.04. The number of hydrogen-bond acceptors (Lipinski definition) is 5. The summed E-state index contributed by atoms with van der Waals surface area (Å²) >= 11 is 0. The predicted molar refractivity (Wildman–Crippen MR) is 69.5 cm³/mol. The fraction of sp³-hybridized carbons (Fsp3) is 0.333. The SMILES string of the molecule is Cn1ncnc1CNCCc1ccc([N+](=O)[O-])cc1. The summed E-state index contributed by atoms with van der Waals surface area (Å²) in [4.78, 5) is 14.2. The molecule has 0 aliphatic rings. The number of nitro benzene ring substituents is 1. The number of nitrogens with zero attached hydrogens (tertiary/aromatic N) is 4. The van der Waals surface area contributed by atoms with E-state index in [0.717, 1.165) is 24.4 Å². The number of aromatic nitrogens is 3. The lowest BCUT2D eigenvalue weighted by Crippen LogP contribution is -2.19. The van der Waals surface area contributed by atoms with Crippen molar-refractivity contribution >= 4 is 5.69 Å². The maximum atomic E-state index is 10.5. The third-order valence-electron chi connectivity index (χ3n) is 2.83. The van der Waals surface area contributed by atoms with E-state index in [0.29, 0.717) is 6.54 Å². The molecule has 1 heterocycles. The normalized spacial score (nSPS) is 10.6. The number of non-ortho nitro benzene ring substituents is 1. The molecule has 0 saturated carbocycles. The minimum atomic E-state index is -0.393. The molecule has 0 radical (unpaired) electrons. The molecule has 2 aromatic rings. The Hall–Kier alpha value is -2.28. The summed E-state index contributed by atoms with van der Waals surface area (Å²) in [6.07, 6.45) is 2.34. The quantitative estimate of drug-likeness (QED) is 0.477. The second-order valence-electron chi connectivity index (χ2n) is 4.15. The van der Waals surface area contributed by atoms with Gasteiger partial charge in [0, 0.05) is 19.2 Å². The van der Waals surface area contributed by atoms with Crippen molar-refractivity contribution in [1.29, 1.82) is 0 Å². The summed E-state index contributed by atoms with van der Waals surface area (Å²) in [6.45, 7) is 1.44. The molecule has 2 rings (SSSR count). The molecule has 7 nitrogen and oxygen atoms in total. The smallest absolute Gasteiger partial charge is 0.269 e. The van der Waals surface area contributed by atoms with E-state index in [2.05, 4.69) is 15.4 Å². The van der Waals surface area contributed by atoms with Crippen molar-refractivity contribution in [1.82, 2.24) is 20.1 Å².